The van der Waals surface area contributed by atoms with Gasteiger partial charge in [0.05, 0.1) is 28.5 Å². The van der Waals surface area contributed by atoms with Crippen molar-refractivity contribution in [1.29, 1.82) is 0 Å². The molecule has 1 amide bonds. The zero-order valence-electron chi connectivity index (χ0n) is 18.2. The number of amides is 1. The molecule has 0 atom stereocenters. The van der Waals surface area contributed by atoms with Crippen molar-refractivity contribution in [2.24, 2.45) is 0 Å². The third-order valence-corrected chi connectivity index (χ3v) is 6.43. The molecule has 4 rings (SSSR count). The molecule has 168 valence electrons. The maximum Gasteiger partial charge on any atom is 0.316 e. The van der Waals surface area contributed by atoms with Gasteiger partial charge in [-0.05, 0) is 43.5 Å². The molecule has 0 saturated heterocycles. The summed E-state index contributed by atoms with van der Waals surface area (Å²) in [6.45, 7) is 3.33. The van der Waals surface area contributed by atoms with Crippen molar-refractivity contribution < 1.29 is 14.3 Å². The summed E-state index contributed by atoms with van der Waals surface area (Å²) in [4.78, 5) is 25.5. The highest BCUT2D eigenvalue weighted by atomic mass is 35.5. The van der Waals surface area contributed by atoms with Crippen molar-refractivity contribution in [2.75, 3.05) is 17.7 Å². The lowest BCUT2D eigenvalue weighted by Gasteiger charge is -2.09. The molecule has 0 aliphatic heterocycles. The number of esters is 1. The second-order valence-corrected chi connectivity index (χ2v) is 8.81. The van der Waals surface area contributed by atoms with Gasteiger partial charge in [-0.15, -0.1) is 11.8 Å². The fraction of sp³-hybridized carbons (Fsp3) is 0.160. The van der Waals surface area contributed by atoms with Crippen LogP contribution >= 0.6 is 23.4 Å². The Balaban J connectivity index is 1.34. The Kier molecular flexibility index (Phi) is 7.01. The molecule has 0 spiro atoms. The first-order valence-corrected chi connectivity index (χ1v) is 11.7. The van der Waals surface area contributed by atoms with Gasteiger partial charge in [-0.2, -0.15) is 5.10 Å². The third kappa shape index (κ3) is 5.21. The van der Waals surface area contributed by atoms with Gasteiger partial charge in [-0.3, -0.25) is 9.59 Å². The van der Waals surface area contributed by atoms with E-state index >= 15 is 0 Å². The quantitative estimate of drug-likeness (QED) is 0.277. The lowest BCUT2D eigenvalue weighted by molar-refractivity contribution is -0.144. The van der Waals surface area contributed by atoms with E-state index in [0.29, 0.717) is 16.4 Å². The zero-order chi connectivity index (χ0) is 23.4. The Bertz CT molecular complexity index is 1320. The smallest absolute Gasteiger partial charge is 0.316 e. The Hall–Kier alpha value is -3.29. The molecule has 0 aliphatic carbocycles. The maximum atomic E-state index is 12.4. The molecule has 8 heteroatoms. The number of halogens is 1. The van der Waals surface area contributed by atoms with Gasteiger partial charge < -0.3 is 10.1 Å². The largest absolute Gasteiger partial charge is 0.455 e. The minimum absolute atomic E-state index is 0.0710. The van der Waals surface area contributed by atoms with Gasteiger partial charge in [0.2, 0.25) is 0 Å². The van der Waals surface area contributed by atoms with Crippen LogP contribution in [0.3, 0.4) is 0 Å². The summed E-state index contributed by atoms with van der Waals surface area (Å²) in [5.74, 6) is -0.824. The van der Waals surface area contributed by atoms with E-state index < -0.39 is 11.9 Å². The van der Waals surface area contributed by atoms with Gasteiger partial charge in [0, 0.05) is 15.3 Å². The highest BCUT2D eigenvalue weighted by molar-refractivity contribution is 8.00. The average Bonchev–Trinajstić information content (AvgIpc) is 3.10. The van der Waals surface area contributed by atoms with E-state index in [9.17, 15) is 9.59 Å². The second kappa shape index (κ2) is 10.1. The first-order chi connectivity index (χ1) is 15.9. The third-order valence-electron chi connectivity index (χ3n) is 5.08. The number of benzene rings is 3. The standard InChI is InChI=1S/C25H22ClN3O3S/c1-16-25(17(2)29(28-16)19-10-4-3-5-11-19)27-22(30)14-32-23(31)15-33-21-13-7-9-18-8-6-12-20(26)24(18)21/h3-13H,14-15H2,1-2H3,(H,27,30). The van der Waals surface area contributed by atoms with Crippen LogP contribution in [-0.2, 0) is 14.3 Å². The van der Waals surface area contributed by atoms with Crippen molar-refractivity contribution in [1.82, 2.24) is 9.78 Å². The summed E-state index contributed by atoms with van der Waals surface area (Å²) in [5, 5.41) is 9.84. The van der Waals surface area contributed by atoms with Gasteiger partial charge in [0.25, 0.3) is 5.91 Å². The first-order valence-electron chi connectivity index (χ1n) is 10.3. The molecular weight excluding hydrogens is 458 g/mol. The van der Waals surface area contributed by atoms with Crippen LogP contribution in [0.25, 0.3) is 16.5 Å². The fourth-order valence-corrected chi connectivity index (χ4v) is 4.77. The minimum atomic E-state index is -0.479. The number of para-hydroxylation sites is 1. The van der Waals surface area contributed by atoms with Crippen LogP contribution in [0.2, 0.25) is 5.02 Å². The fourth-order valence-electron chi connectivity index (χ4n) is 3.53. The minimum Gasteiger partial charge on any atom is -0.455 e. The topological polar surface area (TPSA) is 73.2 Å². The van der Waals surface area contributed by atoms with Crippen LogP contribution < -0.4 is 5.32 Å². The van der Waals surface area contributed by atoms with Crippen LogP contribution in [-0.4, -0.2) is 34.0 Å². The van der Waals surface area contributed by atoms with Crippen LogP contribution in [0.15, 0.2) is 71.6 Å². The zero-order valence-corrected chi connectivity index (χ0v) is 19.7. The van der Waals surface area contributed by atoms with E-state index in [2.05, 4.69) is 10.4 Å². The van der Waals surface area contributed by atoms with Gasteiger partial charge in [0.15, 0.2) is 6.61 Å². The van der Waals surface area contributed by atoms with E-state index in [1.165, 1.54) is 11.8 Å². The summed E-state index contributed by atoms with van der Waals surface area (Å²) in [5.41, 5.74) is 2.98. The van der Waals surface area contributed by atoms with E-state index in [1.807, 2.05) is 80.6 Å². The number of aryl methyl sites for hydroxylation is 1. The Morgan fingerprint density at radius 3 is 2.52 bits per heavy atom. The Morgan fingerprint density at radius 1 is 1.03 bits per heavy atom. The second-order valence-electron chi connectivity index (χ2n) is 7.38. The van der Waals surface area contributed by atoms with Crippen molar-refractivity contribution in [2.45, 2.75) is 18.7 Å². The van der Waals surface area contributed by atoms with Gasteiger partial charge in [-0.25, -0.2) is 4.68 Å². The number of thioether (sulfide) groups is 1. The molecule has 6 nitrogen and oxygen atoms in total. The van der Waals surface area contributed by atoms with Crippen molar-refractivity contribution in [3.05, 3.63) is 83.1 Å². The van der Waals surface area contributed by atoms with Crippen molar-refractivity contribution in [3.8, 4) is 5.69 Å². The van der Waals surface area contributed by atoms with Crippen LogP contribution in [0.1, 0.15) is 11.4 Å². The number of fused-ring (bicyclic) bond motifs is 1. The molecule has 1 N–H and O–H groups in total. The lowest BCUT2D eigenvalue weighted by atomic mass is 10.1. The van der Waals surface area contributed by atoms with Crippen LogP contribution in [0.5, 0.6) is 0 Å². The Morgan fingerprint density at radius 2 is 1.76 bits per heavy atom. The SMILES string of the molecule is Cc1nn(-c2ccccc2)c(C)c1NC(=O)COC(=O)CSc1cccc2cccc(Cl)c12. The number of rotatable bonds is 7. The number of nitrogens with one attached hydrogen (secondary N) is 1. The van der Waals surface area contributed by atoms with Crippen LogP contribution in [0, 0.1) is 13.8 Å². The summed E-state index contributed by atoms with van der Waals surface area (Å²) in [6, 6.07) is 21.1. The number of hydrogen-bond donors (Lipinski definition) is 1. The molecule has 0 radical (unpaired) electrons. The summed E-state index contributed by atoms with van der Waals surface area (Å²) >= 11 is 7.66. The number of hydrogen-bond acceptors (Lipinski definition) is 5. The highest BCUT2D eigenvalue weighted by Gasteiger charge is 2.16. The Labute approximate surface area is 200 Å². The van der Waals surface area contributed by atoms with E-state index in [1.54, 1.807) is 4.68 Å². The molecular formula is C25H22ClN3O3S. The summed E-state index contributed by atoms with van der Waals surface area (Å²) in [7, 11) is 0. The normalized spacial score (nSPS) is 10.9. The summed E-state index contributed by atoms with van der Waals surface area (Å²) < 4.78 is 6.95. The predicted molar refractivity (Wildman–Crippen MR) is 132 cm³/mol. The maximum absolute atomic E-state index is 12.4. The molecule has 1 heterocycles. The van der Waals surface area contributed by atoms with Gasteiger partial charge >= 0.3 is 5.97 Å². The number of aromatic nitrogens is 2. The lowest BCUT2D eigenvalue weighted by Crippen LogP contribution is -2.22. The highest BCUT2D eigenvalue weighted by Crippen LogP contribution is 2.33. The molecule has 0 aliphatic rings. The average molecular weight is 480 g/mol. The molecule has 0 bridgehead atoms. The first kappa shape index (κ1) is 22.9. The number of ether oxygens (including phenoxy) is 1. The molecule has 0 fully saturated rings. The molecule has 4 aromatic rings. The number of anilines is 1. The molecule has 0 saturated carbocycles. The summed E-state index contributed by atoms with van der Waals surface area (Å²) in [6.07, 6.45) is 0. The van der Waals surface area contributed by atoms with Crippen LogP contribution in [0.4, 0.5) is 5.69 Å². The van der Waals surface area contributed by atoms with E-state index in [0.717, 1.165) is 27.0 Å². The van der Waals surface area contributed by atoms with Crippen molar-refractivity contribution in [3.63, 3.8) is 0 Å². The molecule has 0 unspecified atom stereocenters. The monoisotopic (exact) mass is 479 g/mol. The van der Waals surface area contributed by atoms with E-state index in [4.69, 9.17) is 16.3 Å². The number of carbonyl (C=O) groups is 2. The molecule has 3 aromatic carbocycles. The van der Waals surface area contributed by atoms with E-state index in [-0.39, 0.29) is 12.4 Å². The molecule has 33 heavy (non-hydrogen) atoms. The van der Waals surface area contributed by atoms with Gasteiger partial charge in [-0.1, -0.05) is 54.1 Å². The number of nitrogens with zero attached hydrogens (tertiary/aromatic N) is 2. The predicted octanol–water partition coefficient (Wildman–Crippen LogP) is 5.57. The molecule has 1 aromatic heterocycles. The number of carbonyl (C=O) groups excluding carboxylic acids is 2. The van der Waals surface area contributed by atoms with Crippen molar-refractivity contribution >= 4 is 51.7 Å². The van der Waals surface area contributed by atoms with Gasteiger partial charge in [0.1, 0.15) is 0 Å².